The zero-order valence-corrected chi connectivity index (χ0v) is 11.9. The van der Waals surface area contributed by atoms with E-state index in [1.165, 1.54) is 17.2 Å². The molecule has 0 fully saturated rings. The Morgan fingerprint density at radius 2 is 2.00 bits per heavy atom. The highest BCUT2D eigenvalue weighted by molar-refractivity contribution is 5.28. The van der Waals surface area contributed by atoms with Crippen LogP contribution >= 0.6 is 0 Å². The van der Waals surface area contributed by atoms with Crippen molar-refractivity contribution in [3.05, 3.63) is 65.0 Å². The molecule has 1 N–H and O–H groups in total. The van der Waals surface area contributed by atoms with Crippen molar-refractivity contribution in [2.45, 2.75) is 19.9 Å². The van der Waals surface area contributed by atoms with Crippen molar-refractivity contribution >= 4 is 0 Å². The number of halogens is 1. The van der Waals surface area contributed by atoms with E-state index in [0.29, 0.717) is 0 Å². The van der Waals surface area contributed by atoms with Crippen LogP contribution in [-0.2, 0) is 13.0 Å². The highest BCUT2D eigenvalue weighted by Crippen LogP contribution is 2.13. The van der Waals surface area contributed by atoms with Crippen molar-refractivity contribution in [1.82, 2.24) is 5.32 Å². The highest BCUT2D eigenvalue weighted by atomic mass is 19.1. The third-order valence-electron chi connectivity index (χ3n) is 3.34. The molecule has 20 heavy (non-hydrogen) atoms. The second-order valence-corrected chi connectivity index (χ2v) is 4.85. The first-order chi connectivity index (χ1) is 9.69. The predicted molar refractivity (Wildman–Crippen MR) is 79.5 cm³/mol. The van der Waals surface area contributed by atoms with Crippen LogP contribution in [0.15, 0.2) is 42.5 Å². The molecule has 0 radical (unpaired) electrons. The van der Waals surface area contributed by atoms with E-state index in [4.69, 9.17) is 4.74 Å². The van der Waals surface area contributed by atoms with Gasteiger partial charge in [0.15, 0.2) is 0 Å². The molecule has 2 aromatic carbocycles. The van der Waals surface area contributed by atoms with Gasteiger partial charge in [0, 0.05) is 6.54 Å². The second-order valence-electron chi connectivity index (χ2n) is 4.85. The van der Waals surface area contributed by atoms with E-state index in [9.17, 15) is 4.39 Å². The molecular formula is C17H20FNO. The summed E-state index contributed by atoms with van der Waals surface area (Å²) in [5.74, 6) is 0.703. The van der Waals surface area contributed by atoms with Crippen molar-refractivity contribution in [1.29, 1.82) is 0 Å². The van der Waals surface area contributed by atoms with Gasteiger partial charge in [-0.05, 0) is 60.8 Å². The number of hydrogen-bond acceptors (Lipinski definition) is 2. The lowest BCUT2D eigenvalue weighted by Crippen LogP contribution is -2.17. The Bertz CT molecular complexity index is 569. The Labute approximate surface area is 119 Å². The van der Waals surface area contributed by atoms with Crippen LogP contribution in [0.4, 0.5) is 4.39 Å². The summed E-state index contributed by atoms with van der Waals surface area (Å²) < 4.78 is 18.2. The predicted octanol–water partition coefficient (Wildman–Crippen LogP) is 3.48. The monoisotopic (exact) mass is 273 g/mol. The Morgan fingerprint density at radius 1 is 1.15 bits per heavy atom. The van der Waals surface area contributed by atoms with Crippen LogP contribution in [0.2, 0.25) is 0 Å². The standard InChI is InChI=1S/C17H20FNO/c1-13-10-16(18)7-6-15(13)8-9-19-12-14-4-3-5-17(11-14)20-2/h3-7,10-11,19H,8-9,12H2,1-2H3. The van der Waals surface area contributed by atoms with Gasteiger partial charge in [0.1, 0.15) is 11.6 Å². The van der Waals surface area contributed by atoms with Crippen molar-refractivity contribution in [3.63, 3.8) is 0 Å². The number of methoxy groups -OCH3 is 1. The average Bonchev–Trinajstić information content (AvgIpc) is 2.45. The molecule has 0 spiro atoms. The zero-order valence-electron chi connectivity index (χ0n) is 11.9. The fourth-order valence-electron chi connectivity index (χ4n) is 2.18. The van der Waals surface area contributed by atoms with E-state index in [1.807, 2.05) is 31.2 Å². The summed E-state index contributed by atoms with van der Waals surface area (Å²) in [6, 6.07) is 13.0. The third kappa shape index (κ3) is 4.07. The summed E-state index contributed by atoms with van der Waals surface area (Å²) in [7, 11) is 1.67. The van der Waals surface area contributed by atoms with Gasteiger partial charge in [0.2, 0.25) is 0 Å². The largest absolute Gasteiger partial charge is 0.497 e. The first-order valence-electron chi connectivity index (χ1n) is 6.77. The molecule has 0 bridgehead atoms. The van der Waals surface area contributed by atoms with E-state index in [1.54, 1.807) is 13.2 Å². The van der Waals surface area contributed by atoms with Gasteiger partial charge in [-0.3, -0.25) is 0 Å². The smallest absolute Gasteiger partial charge is 0.123 e. The normalized spacial score (nSPS) is 10.6. The lowest BCUT2D eigenvalue weighted by Gasteiger charge is -2.08. The van der Waals surface area contributed by atoms with Crippen LogP contribution in [0.25, 0.3) is 0 Å². The van der Waals surface area contributed by atoms with Crippen LogP contribution in [-0.4, -0.2) is 13.7 Å². The number of nitrogens with one attached hydrogen (secondary N) is 1. The van der Waals surface area contributed by atoms with Crippen molar-refractivity contribution < 1.29 is 9.13 Å². The molecule has 0 aromatic heterocycles. The molecule has 3 heteroatoms. The highest BCUT2D eigenvalue weighted by Gasteiger charge is 2.00. The molecule has 0 aliphatic heterocycles. The fourth-order valence-corrected chi connectivity index (χ4v) is 2.18. The molecule has 2 nitrogen and oxygen atoms in total. The van der Waals surface area contributed by atoms with Gasteiger partial charge in [-0.25, -0.2) is 4.39 Å². The van der Waals surface area contributed by atoms with Gasteiger partial charge >= 0.3 is 0 Å². The molecule has 0 unspecified atom stereocenters. The maximum atomic E-state index is 13.0. The molecule has 0 saturated heterocycles. The van der Waals surface area contributed by atoms with Gasteiger partial charge < -0.3 is 10.1 Å². The molecule has 0 saturated carbocycles. The van der Waals surface area contributed by atoms with Crippen LogP contribution in [0, 0.1) is 12.7 Å². The molecule has 0 aliphatic carbocycles. The summed E-state index contributed by atoms with van der Waals surface area (Å²) in [6.07, 6.45) is 0.899. The summed E-state index contributed by atoms with van der Waals surface area (Å²) in [5, 5.41) is 3.39. The van der Waals surface area contributed by atoms with Crippen LogP contribution in [0.5, 0.6) is 5.75 Å². The van der Waals surface area contributed by atoms with E-state index in [2.05, 4.69) is 11.4 Å². The quantitative estimate of drug-likeness (QED) is 0.814. The maximum absolute atomic E-state index is 13.0. The first kappa shape index (κ1) is 14.5. The fraction of sp³-hybridized carbons (Fsp3) is 0.294. The van der Waals surface area contributed by atoms with Crippen molar-refractivity contribution in [3.8, 4) is 5.75 Å². The SMILES string of the molecule is COc1cccc(CNCCc2ccc(F)cc2C)c1. The number of aryl methyl sites for hydroxylation is 1. The summed E-state index contributed by atoms with van der Waals surface area (Å²) in [5.41, 5.74) is 3.39. The summed E-state index contributed by atoms with van der Waals surface area (Å²) in [4.78, 5) is 0. The van der Waals surface area contributed by atoms with Gasteiger partial charge in [-0.2, -0.15) is 0 Å². The van der Waals surface area contributed by atoms with Gasteiger partial charge in [0.25, 0.3) is 0 Å². The Morgan fingerprint density at radius 3 is 2.75 bits per heavy atom. The molecule has 0 atom stereocenters. The van der Waals surface area contributed by atoms with Gasteiger partial charge in [-0.15, -0.1) is 0 Å². The molecule has 0 heterocycles. The Balaban J connectivity index is 1.81. The second kappa shape index (κ2) is 7.06. The number of hydrogen-bond donors (Lipinski definition) is 1. The minimum absolute atomic E-state index is 0.171. The zero-order chi connectivity index (χ0) is 14.4. The van der Waals surface area contributed by atoms with E-state index in [-0.39, 0.29) is 5.82 Å². The van der Waals surface area contributed by atoms with E-state index >= 15 is 0 Å². The Kier molecular flexibility index (Phi) is 5.13. The van der Waals surface area contributed by atoms with Crippen molar-refractivity contribution in [2.24, 2.45) is 0 Å². The number of rotatable bonds is 6. The van der Waals surface area contributed by atoms with Gasteiger partial charge in [0.05, 0.1) is 7.11 Å². The molecule has 0 aliphatic rings. The molecule has 106 valence electrons. The van der Waals surface area contributed by atoms with Crippen LogP contribution in [0.1, 0.15) is 16.7 Å². The summed E-state index contributed by atoms with van der Waals surface area (Å²) >= 11 is 0. The Hall–Kier alpha value is -1.87. The molecule has 2 rings (SSSR count). The first-order valence-corrected chi connectivity index (χ1v) is 6.77. The molecule has 2 aromatic rings. The lowest BCUT2D eigenvalue weighted by molar-refractivity contribution is 0.414. The minimum Gasteiger partial charge on any atom is -0.497 e. The van der Waals surface area contributed by atoms with Crippen LogP contribution < -0.4 is 10.1 Å². The minimum atomic E-state index is -0.171. The summed E-state index contributed by atoms with van der Waals surface area (Å²) in [6.45, 7) is 3.61. The van der Waals surface area contributed by atoms with E-state index in [0.717, 1.165) is 30.8 Å². The third-order valence-corrected chi connectivity index (χ3v) is 3.34. The lowest BCUT2D eigenvalue weighted by atomic mass is 10.1. The van der Waals surface area contributed by atoms with Crippen molar-refractivity contribution in [2.75, 3.05) is 13.7 Å². The topological polar surface area (TPSA) is 21.3 Å². The number of benzene rings is 2. The number of ether oxygens (including phenoxy) is 1. The van der Waals surface area contributed by atoms with E-state index < -0.39 is 0 Å². The average molecular weight is 273 g/mol. The van der Waals surface area contributed by atoms with Crippen LogP contribution in [0.3, 0.4) is 0 Å². The molecule has 0 amide bonds. The maximum Gasteiger partial charge on any atom is 0.123 e. The molecular weight excluding hydrogens is 253 g/mol. The van der Waals surface area contributed by atoms with Gasteiger partial charge in [-0.1, -0.05) is 18.2 Å².